The Morgan fingerprint density at radius 3 is 2.24 bits per heavy atom. The van der Waals surface area contributed by atoms with Gasteiger partial charge in [-0.25, -0.2) is 0 Å². The van der Waals surface area contributed by atoms with E-state index >= 15 is 0 Å². The lowest BCUT2D eigenvalue weighted by Gasteiger charge is -2.19. The molecule has 0 N–H and O–H groups in total. The van der Waals surface area contributed by atoms with Gasteiger partial charge in [-0.1, -0.05) is 11.2 Å². The Bertz CT molecular complexity index is 1090. The van der Waals surface area contributed by atoms with Crippen molar-refractivity contribution in [3.8, 4) is 23.0 Å². The molecule has 1 aromatic heterocycles. The van der Waals surface area contributed by atoms with Crippen LogP contribution in [0.15, 0.2) is 40.9 Å². The van der Waals surface area contributed by atoms with Crippen molar-refractivity contribution in [3.63, 3.8) is 0 Å². The Morgan fingerprint density at radius 1 is 0.939 bits per heavy atom. The van der Waals surface area contributed by atoms with Gasteiger partial charge in [0.2, 0.25) is 0 Å². The van der Waals surface area contributed by atoms with Crippen LogP contribution in [0.2, 0.25) is 0 Å². The standard InChI is InChI=1S/C25H30N2O6/c1-16-20(17(2)33-26-16)15-32-22-10-8-19(14-24(22)31-6)25(28)27(3)12-11-18-7-9-21(29-4)23(13-18)30-5/h7-10,13-14H,11-12,15H2,1-6H3. The Morgan fingerprint density at radius 2 is 1.61 bits per heavy atom. The molecule has 2 aromatic carbocycles. The minimum absolute atomic E-state index is 0.106. The molecule has 176 valence electrons. The first-order valence-corrected chi connectivity index (χ1v) is 10.6. The van der Waals surface area contributed by atoms with Crippen molar-refractivity contribution in [1.82, 2.24) is 10.1 Å². The van der Waals surface area contributed by atoms with Gasteiger partial charge in [-0.3, -0.25) is 4.79 Å². The number of ether oxygens (including phenoxy) is 4. The smallest absolute Gasteiger partial charge is 0.253 e. The normalized spacial score (nSPS) is 10.6. The maximum atomic E-state index is 13.0. The fourth-order valence-corrected chi connectivity index (χ4v) is 3.43. The average molecular weight is 455 g/mol. The van der Waals surface area contributed by atoms with Crippen LogP contribution in [-0.4, -0.2) is 50.9 Å². The van der Waals surface area contributed by atoms with Crippen molar-refractivity contribution in [1.29, 1.82) is 0 Å². The van der Waals surface area contributed by atoms with E-state index in [-0.39, 0.29) is 5.91 Å². The molecule has 0 saturated heterocycles. The molecule has 0 bridgehead atoms. The van der Waals surface area contributed by atoms with Gasteiger partial charge in [-0.05, 0) is 56.2 Å². The Labute approximate surface area is 194 Å². The fraction of sp³-hybridized carbons (Fsp3) is 0.360. The minimum atomic E-state index is -0.106. The monoisotopic (exact) mass is 454 g/mol. The van der Waals surface area contributed by atoms with E-state index in [0.717, 1.165) is 22.6 Å². The molecule has 0 atom stereocenters. The molecular formula is C25H30N2O6. The number of amides is 1. The van der Waals surface area contributed by atoms with Crippen LogP contribution in [0.1, 0.15) is 32.9 Å². The van der Waals surface area contributed by atoms with Crippen LogP contribution < -0.4 is 18.9 Å². The third kappa shape index (κ3) is 5.58. The maximum absolute atomic E-state index is 13.0. The van der Waals surface area contributed by atoms with Crippen LogP contribution in [0.3, 0.4) is 0 Å². The Kier molecular flexibility index (Phi) is 7.82. The summed E-state index contributed by atoms with van der Waals surface area (Å²) < 4.78 is 27.2. The van der Waals surface area contributed by atoms with Crippen LogP contribution >= 0.6 is 0 Å². The highest BCUT2D eigenvalue weighted by molar-refractivity contribution is 5.94. The molecule has 1 amide bonds. The molecule has 1 heterocycles. The van der Waals surface area contributed by atoms with Crippen molar-refractivity contribution in [2.75, 3.05) is 34.9 Å². The van der Waals surface area contributed by atoms with Crippen LogP contribution in [0, 0.1) is 13.8 Å². The quantitative estimate of drug-likeness (QED) is 0.454. The highest BCUT2D eigenvalue weighted by atomic mass is 16.5. The molecule has 0 spiro atoms. The number of methoxy groups -OCH3 is 3. The molecule has 0 aliphatic rings. The van der Waals surface area contributed by atoms with E-state index < -0.39 is 0 Å². The van der Waals surface area contributed by atoms with Crippen LogP contribution in [0.25, 0.3) is 0 Å². The lowest BCUT2D eigenvalue weighted by Crippen LogP contribution is -2.28. The molecule has 0 fully saturated rings. The zero-order chi connectivity index (χ0) is 24.0. The number of carbonyl (C=O) groups excluding carboxylic acids is 1. The van der Waals surface area contributed by atoms with Crippen LogP contribution in [0.4, 0.5) is 0 Å². The summed E-state index contributed by atoms with van der Waals surface area (Å²) in [4.78, 5) is 14.6. The molecule has 8 heteroatoms. The molecule has 0 saturated carbocycles. The lowest BCUT2D eigenvalue weighted by molar-refractivity contribution is 0.0796. The van der Waals surface area contributed by atoms with Crippen LogP contribution in [0.5, 0.6) is 23.0 Å². The molecule has 3 rings (SSSR count). The topological polar surface area (TPSA) is 83.3 Å². The van der Waals surface area contributed by atoms with Gasteiger partial charge in [0.25, 0.3) is 5.91 Å². The third-order valence-electron chi connectivity index (χ3n) is 5.49. The maximum Gasteiger partial charge on any atom is 0.253 e. The average Bonchev–Trinajstić information content (AvgIpc) is 3.17. The SMILES string of the molecule is COc1ccc(CCN(C)C(=O)c2ccc(OCc3c(C)noc3C)c(OC)c2)cc1OC. The van der Waals surface area contributed by atoms with E-state index in [0.29, 0.717) is 48.1 Å². The van der Waals surface area contributed by atoms with Gasteiger partial charge in [0.05, 0.1) is 32.6 Å². The summed E-state index contributed by atoms with van der Waals surface area (Å²) in [5, 5.41) is 3.94. The predicted molar refractivity (Wildman–Crippen MR) is 124 cm³/mol. The first-order valence-electron chi connectivity index (χ1n) is 10.6. The first kappa shape index (κ1) is 24.0. The van der Waals surface area contributed by atoms with Gasteiger partial charge in [-0.2, -0.15) is 0 Å². The van der Waals surface area contributed by atoms with Crippen LogP contribution in [-0.2, 0) is 13.0 Å². The first-order chi connectivity index (χ1) is 15.9. The number of carbonyl (C=O) groups is 1. The number of nitrogens with zero attached hydrogens (tertiary/aromatic N) is 2. The van der Waals surface area contributed by atoms with Gasteiger partial charge in [-0.15, -0.1) is 0 Å². The van der Waals surface area contributed by atoms with Crippen molar-refractivity contribution in [2.45, 2.75) is 26.9 Å². The Hall–Kier alpha value is -3.68. The zero-order valence-electron chi connectivity index (χ0n) is 19.9. The second-order valence-electron chi connectivity index (χ2n) is 7.62. The number of aromatic nitrogens is 1. The summed E-state index contributed by atoms with van der Waals surface area (Å²) in [5.41, 5.74) is 3.25. The second-order valence-corrected chi connectivity index (χ2v) is 7.62. The van der Waals surface area contributed by atoms with Gasteiger partial charge >= 0.3 is 0 Å². The number of likely N-dealkylation sites (N-methyl/N-ethyl adjacent to an activating group) is 1. The summed E-state index contributed by atoms with van der Waals surface area (Å²) >= 11 is 0. The summed E-state index contributed by atoms with van der Waals surface area (Å²) in [6.45, 7) is 4.55. The van der Waals surface area contributed by atoms with Crippen molar-refractivity contribution < 1.29 is 28.3 Å². The summed E-state index contributed by atoms with van der Waals surface area (Å²) in [6.07, 6.45) is 0.679. The number of hydrogen-bond acceptors (Lipinski definition) is 7. The number of hydrogen-bond donors (Lipinski definition) is 0. The van der Waals surface area contributed by atoms with E-state index in [2.05, 4.69) is 5.16 Å². The van der Waals surface area contributed by atoms with Gasteiger partial charge in [0.15, 0.2) is 23.0 Å². The summed E-state index contributed by atoms with van der Waals surface area (Å²) in [7, 11) is 6.53. The molecule has 0 radical (unpaired) electrons. The van der Waals surface area contributed by atoms with E-state index in [1.54, 1.807) is 51.5 Å². The zero-order valence-corrected chi connectivity index (χ0v) is 19.9. The fourth-order valence-electron chi connectivity index (χ4n) is 3.43. The molecule has 3 aromatic rings. The second kappa shape index (κ2) is 10.8. The van der Waals surface area contributed by atoms with Gasteiger partial charge in [0.1, 0.15) is 12.4 Å². The summed E-state index contributed by atoms with van der Waals surface area (Å²) in [5.74, 6) is 2.98. The minimum Gasteiger partial charge on any atom is -0.493 e. The molecule has 0 aliphatic heterocycles. The van der Waals surface area contributed by atoms with Crippen molar-refractivity contribution in [3.05, 3.63) is 64.5 Å². The Balaban J connectivity index is 1.65. The highest BCUT2D eigenvalue weighted by Gasteiger charge is 2.17. The largest absolute Gasteiger partial charge is 0.493 e. The number of rotatable bonds is 10. The molecule has 33 heavy (non-hydrogen) atoms. The van der Waals surface area contributed by atoms with E-state index in [1.165, 1.54) is 0 Å². The van der Waals surface area contributed by atoms with Gasteiger partial charge in [0, 0.05) is 19.2 Å². The van der Waals surface area contributed by atoms with Gasteiger partial charge < -0.3 is 28.4 Å². The highest BCUT2D eigenvalue weighted by Crippen LogP contribution is 2.30. The molecule has 0 unspecified atom stereocenters. The van der Waals surface area contributed by atoms with E-state index in [1.807, 2.05) is 32.0 Å². The van der Waals surface area contributed by atoms with E-state index in [4.69, 9.17) is 23.5 Å². The molecule has 8 nitrogen and oxygen atoms in total. The third-order valence-corrected chi connectivity index (χ3v) is 5.49. The van der Waals surface area contributed by atoms with E-state index in [9.17, 15) is 4.79 Å². The van der Waals surface area contributed by atoms with Crippen molar-refractivity contribution in [2.24, 2.45) is 0 Å². The van der Waals surface area contributed by atoms with Crippen molar-refractivity contribution >= 4 is 5.91 Å². The summed E-state index contributed by atoms with van der Waals surface area (Å²) in [6, 6.07) is 10.9. The lowest BCUT2D eigenvalue weighted by atomic mass is 10.1. The number of aryl methyl sites for hydroxylation is 2. The molecule has 0 aliphatic carbocycles. The number of benzene rings is 2. The predicted octanol–water partition coefficient (Wildman–Crippen LogP) is 4.21. The molecular weight excluding hydrogens is 424 g/mol.